The van der Waals surface area contributed by atoms with Crippen molar-refractivity contribution in [2.75, 3.05) is 0 Å². The number of hydrogen-bond donors (Lipinski definition) is 0. The SMILES string of the molecule is Cc1cc(COc2ccc(Cl)nc2)n(C)n1. The van der Waals surface area contributed by atoms with Gasteiger partial charge < -0.3 is 4.74 Å². The summed E-state index contributed by atoms with van der Waals surface area (Å²) in [5.41, 5.74) is 2.00. The predicted octanol–water partition coefficient (Wildman–Crippen LogP) is 2.36. The third kappa shape index (κ3) is 2.52. The first-order valence-corrected chi connectivity index (χ1v) is 5.27. The van der Waals surface area contributed by atoms with Crippen LogP contribution < -0.4 is 4.74 Å². The van der Waals surface area contributed by atoms with Crippen LogP contribution in [0.3, 0.4) is 0 Å². The van der Waals surface area contributed by atoms with Crippen LogP contribution in [-0.2, 0) is 13.7 Å². The quantitative estimate of drug-likeness (QED) is 0.770. The first-order chi connectivity index (χ1) is 7.65. The number of halogens is 1. The Morgan fingerprint density at radius 1 is 1.44 bits per heavy atom. The van der Waals surface area contributed by atoms with Gasteiger partial charge in [-0.3, -0.25) is 4.68 Å². The minimum absolute atomic E-state index is 0.462. The summed E-state index contributed by atoms with van der Waals surface area (Å²) < 4.78 is 7.36. The molecule has 2 rings (SSSR count). The molecule has 0 unspecified atom stereocenters. The summed E-state index contributed by atoms with van der Waals surface area (Å²) in [5.74, 6) is 0.697. The maximum Gasteiger partial charge on any atom is 0.138 e. The monoisotopic (exact) mass is 237 g/mol. The van der Waals surface area contributed by atoms with Gasteiger partial charge in [0, 0.05) is 7.05 Å². The molecule has 0 bridgehead atoms. The molecule has 16 heavy (non-hydrogen) atoms. The first kappa shape index (κ1) is 11.0. The lowest BCUT2D eigenvalue weighted by Gasteiger charge is -2.05. The van der Waals surface area contributed by atoms with Gasteiger partial charge >= 0.3 is 0 Å². The Hall–Kier alpha value is -1.55. The highest BCUT2D eigenvalue weighted by atomic mass is 35.5. The van der Waals surface area contributed by atoms with Crippen molar-refractivity contribution in [2.45, 2.75) is 13.5 Å². The third-order valence-corrected chi connectivity index (χ3v) is 2.41. The van der Waals surface area contributed by atoms with E-state index >= 15 is 0 Å². The number of aromatic nitrogens is 3. The van der Waals surface area contributed by atoms with Gasteiger partial charge in [-0.05, 0) is 25.1 Å². The van der Waals surface area contributed by atoms with E-state index in [-0.39, 0.29) is 0 Å². The zero-order chi connectivity index (χ0) is 11.5. The van der Waals surface area contributed by atoms with Crippen molar-refractivity contribution in [3.63, 3.8) is 0 Å². The van der Waals surface area contributed by atoms with E-state index in [9.17, 15) is 0 Å². The molecule has 0 aliphatic carbocycles. The highest BCUT2D eigenvalue weighted by molar-refractivity contribution is 6.29. The maximum atomic E-state index is 5.68. The van der Waals surface area contributed by atoms with E-state index in [2.05, 4.69) is 10.1 Å². The normalized spacial score (nSPS) is 10.4. The average molecular weight is 238 g/mol. The van der Waals surface area contributed by atoms with Crippen LogP contribution in [0.15, 0.2) is 24.4 Å². The van der Waals surface area contributed by atoms with Crippen LogP contribution in [0, 0.1) is 6.92 Å². The van der Waals surface area contributed by atoms with E-state index in [0.29, 0.717) is 17.5 Å². The molecular weight excluding hydrogens is 226 g/mol. The number of hydrogen-bond acceptors (Lipinski definition) is 3. The largest absolute Gasteiger partial charge is 0.486 e. The summed E-state index contributed by atoms with van der Waals surface area (Å²) in [4.78, 5) is 3.94. The first-order valence-electron chi connectivity index (χ1n) is 4.89. The third-order valence-electron chi connectivity index (χ3n) is 2.19. The van der Waals surface area contributed by atoms with Gasteiger partial charge in [-0.2, -0.15) is 5.10 Å². The lowest BCUT2D eigenvalue weighted by Crippen LogP contribution is -2.03. The van der Waals surface area contributed by atoms with Crippen LogP contribution in [0.5, 0.6) is 5.75 Å². The van der Waals surface area contributed by atoms with Gasteiger partial charge in [0.1, 0.15) is 17.5 Å². The van der Waals surface area contributed by atoms with Crippen molar-refractivity contribution < 1.29 is 4.74 Å². The highest BCUT2D eigenvalue weighted by Gasteiger charge is 2.03. The average Bonchev–Trinajstić information content (AvgIpc) is 2.57. The summed E-state index contributed by atoms with van der Waals surface area (Å²) in [6.07, 6.45) is 1.60. The van der Waals surface area contributed by atoms with Gasteiger partial charge in [0.25, 0.3) is 0 Å². The van der Waals surface area contributed by atoms with E-state index in [1.54, 1.807) is 23.0 Å². The maximum absolute atomic E-state index is 5.68. The smallest absolute Gasteiger partial charge is 0.138 e. The van der Waals surface area contributed by atoms with Gasteiger partial charge in [-0.15, -0.1) is 0 Å². The number of pyridine rings is 1. The van der Waals surface area contributed by atoms with Crippen LogP contribution in [0.4, 0.5) is 0 Å². The molecule has 5 heteroatoms. The molecule has 0 fully saturated rings. The fraction of sp³-hybridized carbons (Fsp3) is 0.273. The van der Waals surface area contributed by atoms with Crippen LogP contribution in [-0.4, -0.2) is 14.8 Å². The Labute approximate surface area is 98.8 Å². The Morgan fingerprint density at radius 3 is 2.81 bits per heavy atom. The fourth-order valence-corrected chi connectivity index (χ4v) is 1.52. The molecule has 2 heterocycles. The van der Waals surface area contributed by atoms with Crippen molar-refractivity contribution in [2.24, 2.45) is 7.05 Å². The van der Waals surface area contributed by atoms with Crippen molar-refractivity contribution in [1.29, 1.82) is 0 Å². The molecule has 4 nitrogen and oxygen atoms in total. The number of aryl methyl sites for hydroxylation is 2. The Kier molecular flexibility index (Phi) is 3.10. The molecule has 0 saturated heterocycles. The second kappa shape index (κ2) is 4.53. The standard InChI is InChI=1S/C11H12ClN3O/c1-8-5-9(15(2)14-8)7-16-10-3-4-11(12)13-6-10/h3-6H,7H2,1-2H3. The second-order valence-electron chi connectivity index (χ2n) is 3.51. The minimum atomic E-state index is 0.462. The van der Waals surface area contributed by atoms with Crippen molar-refractivity contribution in [3.05, 3.63) is 40.9 Å². The molecular formula is C11H12ClN3O. The van der Waals surface area contributed by atoms with Gasteiger partial charge in [0.2, 0.25) is 0 Å². The van der Waals surface area contributed by atoms with Gasteiger partial charge in [0.05, 0.1) is 17.6 Å². The van der Waals surface area contributed by atoms with Gasteiger partial charge in [-0.25, -0.2) is 4.98 Å². The summed E-state index contributed by atoms with van der Waals surface area (Å²) in [5, 5.41) is 4.70. The molecule has 0 saturated carbocycles. The van der Waals surface area contributed by atoms with Crippen molar-refractivity contribution >= 4 is 11.6 Å². The molecule has 0 atom stereocenters. The van der Waals surface area contributed by atoms with Crippen LogP contribution in [0.2, 0.25) is 5.15 Å². The predicted molar refractivity (Wildman–Crippen MR) is 61.5 cm³/mol. The summed E-state index contributed by atoms with van der Waals surface area (Å²) in [6.45, 7) is 2.42. The topological polar surface area (TPSA) is 39.9 Å². The van der Waals surface area contributed by atoms with E-state index in [1.807, 2.05) is 20.0 Å². The van der Waals surface area contributed by atoms with Crippen LogP contribution >= 0.6 is 11.6 Å². The van der Waals surface area contributed by atoms with Gasteiger partial charge in [-0.1, -0.05) is 11.6 Å². The van der Waals surface area contributed by atoms with Gasteiger partial charge in [0.15, 0.2) is 0 Å². The van der Waals surface area contributed by atoms with Crippen LogP contribution in [0.25, 0.3) is 0 Å². The Bertz CT molecular complexity index is 478. The Balaban J connectivity index is 2.02. The molecule has 2 aromatic heterocycles. The van der Waals surface area contributed by atoms with Crippen molar-refractivity contribution in [3.8, 4) is 5.75 Å². The molecule has 0 spiro atoms. The molecule has 0 aliphatic rings. The number of rotatable bonds is 3. The number of nitrogens with zero attached hydrogens (tertiary/aromatic N) is 3. The van der Waals surface area contributed by atoms with E-state index in [4.69, 9.17) is 16.3 Å². The summed E-state index contributed by atoms with van der Waals surface area (Å²) >= 11 is 5.68. The van der Waals surface area contributed by atoms with Crippen molar-refractivity contribution in [1.82, 2.24) is 14.8 Å². The molecule has 0 aliphatic heterocycles. The zero-order valence-corrected chi connectivity index (χ0v) is 9.90. The minimum Gasteiger partial charge on any atom is -0.486 e. The Morgan fingerprint density at radius 2 is 2.25 bits per heavy atom. The fourth-order valence-electron chi connectivity index (χ4n) is 1.40. The lowest BCUT2D eigenvalue weighted by molar-refractivity contribution is 0.293. The highest BCUT2D eigenvalue weighted by Crippen LogP contribution is 2.14. The van der Waals surface area contributed by atoms with E-state index in [1.165, 1.54) is 0 Å². The molecule has 0 amide bonds. The van der Waals surface area contributed by atoms with E-state index in [0.717, 1.165) is 11.4 Å². The molecule has 0 aromatic carbocycles. The van der Waals surface area contributed by atoms with E-state index < -0.39 is 0 Å². The molecule has 2 aromatic rings. The molecule has 0 N–H and O–H groups in total. The molecule has 84 valence electrons. The van der Waals surface area contributed by atoms with Crippen LogP contribution in [0.1, 0.15) is 11.4 Å². The lowest BCUT2D eigenvalue weighted by atomic mass is 10.4. The second-order valence-corrected chi connectivity index (χ2v) is 3.89. The number of ether oxygens (including phenoxy) is 1. The summed E-state index contributed by atoms with van der Waals surface area (Å²) in [7, 11) is 1.89. The zero-order valence-electron chi connectivity index (χ0n) is 9.14. The summed E-state index contributed by atoms with van der Waals surface area (Å²) in [6, 6.07) is 5.48. The molecule has 0 radical (unpaired) electrons.